The fraction of sp³-hybridized carbons (Fsp3) is 0.407. The number of ether oxygens (including phenoxy) is 1. The summed E-state index contributed by atoms with van der Waals surface area (Å²) in [5, 5.41) is 11.0. The highest BCUT2D eigenvalue weighted by Crippen LogP contribution is 2.30. The predicted octanol–water partition coefficient (Wildman–Crippen LogP) is 3.28. The van der Waals surface area contributed by atoms with Crippen LogP contribution < -0.4 is 10.1 Å². The fourth-order valence-corrected chi connectivity index (χ4v) is 4.17. The Kier molecular flexibility index (Phi) is 7.66. The molecule has 37 heavy (non-hydrogen) atoms. The molecule has 0 bridgehead atoms. The molecule has 0 spiro atoms. The third-order valence-electron chi connectivity index (χ3n) is 6.31. The summed E-state index contributed by atoms with van der Waals surface area (Å²) in [6.07, 6.45) is 7.70. The fourth-order valence-electron chi connectivity index (χ4n) is 4.17. The van der Waals surface area contributed by atoms with Gasteiger partial charge in [-0.05, 0) is 63.8 Å². The molecule has 10 nitrogen and oxygen atoms in total. The molecule has 2 amide bonds. The van der Waals surface area contributed by atoms with Crippen LogP contribution in [0.3, 0.4) is 0 Å². The Morgan fingerprint density at radius 2 is 2.11 bits per heavy atom. The normalized spacial score (nSPS) is 15.8. The molecule has 194 valence electrons. The number of nitrogens with zero attached hydrogens (tertiary/aromatic N) is 6. The van der Waals surface area contributed by atoms with Crippen LogP contribution in [0, 0.1) is 6.92 Å². The van der Waals surface area contributed by atoms with Crippen molar-refractivity contribution in [3.63, 3.8) is 0 Å². The van der Waals surface area contributed by atoms with Crippen LogP contribution in [0.5, 0.6) is 5.75 Å². The highest BCUT2D eigenvalue weighted by Gasteiger charge is 2.25. The lowest BCUT2D eigenvalue weighted by Gasteiger charge is -2.32. The molecule has 1 unspecified atom stereocenters. The van der Waals surface area contributed by atoms with Crippen LogP contribution in [-0.2, 0) is 16.9 Å². The smallest absolute Gasteiger partial charge is 0.273 e. The van der Waals surface area contributed by atoms with Crippen LogP contribution >= 0.6 is 0 Å². The van der Waals surface area contributed by atoms with E-state index in [0.717, 1.165) is 29.5 Å². The van der Waals surface area contributed by atoms with Gasteiger partial charge < -0.3 is 15.0 Å². The van der Waals surface area contributed by atoms with Gasteiger partial charge in [0, 0.05) is 18.7 Å². The first kappa shape index (κ1) is 26.0. The summed E-state index contributed by atoms with van der Waals surface area (Å²) < 4.78 is 7.94. The number of carbonyl (C=O) groups excluding carboxylic acids is 2. The Balaban J connectivity index is 1.44. The molecule has 2 aromatic heterocycles. The van der Waals surface area contributed by atoms with Crippen LogP contribution in [0.2, 0.25) is 0 Å². The molecule has 0 saturated carbocycles. The van der Waals surface area contributed by atoms with Crippen molar-refractivity contribution in [1.29, 1.82) is 0 Å². The lowest BCUT2D eigenvalue weighted by Crippen LogP contribution is -2.43. The van der Waals surface area contributed by atoms with Gasteiger partial charge in [-0.2, -0.15) is 0 Å². The maximum atomic E-state index is 12.6. The van der Waals surface area contributed by atoms with E-state index in [2.05, 4.69) is 32.2 Å². The Hall–Kier alpha value is -4.08. The maximum Gasteiger partial charge on any atom is 0.273 e. The average molecular weight is 504 g/mol. The van der Waals surface area contributed by atoms with Crippen LogP contribution in [-0.4, -0.2) is 60.9 Å². The van der Waals surface area contributed by atoms with Gasteiger partial charge in [0.1, 0.15) is 18.1 Å². The van der Waals surface area contributed by atoms with E-state index in [4.69, 9.17) is 4.74 Å². The van der Waals surface area contributed by atoms with E-state index in [0.29, 0.717) is 31.1 Å². The van der Waals surface area contributed by atoms with Crippen molar-refractivity contribution >= 4 is 11.8 Å². The number of hydrogen-bond donors (Lipinski definition) is 1. The summed E-state index contributed by atoms with van der Waals surface area (Å²) in [5.74, 6) is 0.208. The van der Waals surface area contributed by atoms with E-state index in [1.807, 2.05) is 45.9 Å². The van der Waals surface area contributed by atoms with E-state index < -0.39 is 0 Å². The topological polar surface area (TPSA) is 115 Å². The summed E-state index contributed by atoms with van der Waals surface area (Å²) in [6, 6.07) is 5.93. The van der Waals surface area contributed by atoms with Gasteiger partial charge in [-0.15, -0.1) is 5.10 Å². The second-order valence-corrected chi connectivity index (χ2v) is 10.1. The third-order valence-corrected chi connectivity index (χ3v) is 6.31. The van der Waals surface area contributed by atoms with E-state index in [-0.39, 0.29) is 29.2 Å². The molecule has 10 heteroatoms. The molecule has 3 heterocycles. The number of nitrogens with one attached hydrogen (secondary N) is 1. The highest BCUT2D eigenvalue weighted by atomic mass is 16.5. The number of likely N-dealkylation sites (tertiary alicyclic amines) is 1. The predicted molar refractivity (Wildman–Crippen MR) is 139 cm³/mol. The lowest BCUT2D eigenvalue weighted by atomic mass is 10.0. The van der Waals surface area contributed by atoms with Crippen molar-refractivity contribution < 1.29 is 14.3 Å². The Bertz CT molecular complexity index is 1300. The van der Waals surface area contributed by atoms with Crippen molar-refractivity contribution in [3.8, 4) is 17.0 Å². The van der Waals surface area contributed by atoms with Gasteiger partial charge in [-0.3, -0.25) is 9.59 Å². The minimum absolute atomic E-state index is 0.0880. The molecule has 0 radical (unpaired) electrons. The molecule has 1 aliphatic heterocycles. The maximum absolute atomic E-state index is 12.6. The summed E-state index contributed by atoms with van der Waals surface area (Å²) >= 11 is 0. The number of carbonyl (C=O) groups is 2. The highest BCUT2D eigenvalue weighted by molar-refractivity contribution is 5.91. The second-order valence-electron chi connectivity index (χ2n) is 10.1. The molecule has 1 fully saturated rings. The molecular weight excluding hydrogens is 470 g/mol. The summed E-state index contributed by atoms with van der Waals surface area (Å²) in [7, 11) is 0. The number of amides is 2. The van der Waals surface area contributed by atoms with Gasteiger partial charge in [0.2, 0.25) is 5.91 Å². The quantitative estimate of drug-likeness (QED) is 0.492. The van der Waals surface area contributed by atoms with Crippen LogP contribution in [0.25, 0.3) is 11.3 Å². The largest absolute Gasteiger partial charge is 0.485 e. The number of rotatable bonds is 7. The van der Waals surface area contributed by atoms with Crippen LogP contribution in [0.4, 0.5) is 0 Å². The summed E-state index contributed by atoms with van der Waals surface area (Å²) in [6.45, 7) is 13.1. The molecule has 1 saturated heterocycles. The minimum Gasteiger partial charge on any atom is -0.485 e. The second kappa shape index (κ2) is 10.9. The first-order valence-electron chi connectivity index (χ1n) is 12.3. The standard InChI is InChI=1S/C27H33N7O3/c1-6-24(35)33-11-7-8-21(15-33)37-23-14-28-17-30-25(23)19-9-10-20(18(2)12-19)13-29-26(36)22-16-34(32-31-22)27(3,4)5/h6,9-10,12,14,16-17,21H,1,7-8,11,13,15H2,2-5H3,(H,29,36). The van der Waals surface area contributed by atoms with E-state index in [9.17, 15) is 9.59 Å². The number of piperidine rings is 1. The van der Waals surface area contributed by atoms with Gasteiger partial charge in [-0.1, -0.05) is 23.9 Å². The molecule has 3 aromatic rings. The molecular formula is C27H33N7O3. The Morgan fingerprint density at radius 3 is 2.81 bits per heavy atom. The number of aryl methyl sites for hydroxylation is 1. The number of hydrogen-bond acceptors (Lipinski definition) is 7. The first-order valence-corrected chi connectivity index (χ1v) is 12.3. The van der Waals surface area contributed by atoms with Crippen molar-refractivity contribution in [3.05, 3.63) is 66.4 Å². The van der Waals surface area contributed by atoms with Crippen LogP contribution in [0.1, 0.15) is 55.2 Å². The molecule has 1 atom stereocenters. The monoisotopic (exact) mass is 503 g/mol. The third kappa shape index (κ3) is 6.19. The zero-order chi connectivity index (χ0) is 26.6. The first-order chi connectivity index (χ1) is 17.7. The van der Waals surface area contributed by atoms with E-state index in [1.165, 1.54) is 12.4 Å². The lowest BCUT2D eigenvalue weighted by molar-refractivity contribution is -0.128. The molecule has 4 rings (SSSR count). The van der Waals surface area contributed by atoms with E-state index in [1.54, 1.807) is 22.0 Å². The zero-order valence-electron chi connectivity index (χ0n) is 21.8. The summed E-state index contributed by atoms with van der Waals surface area (Å²) in [5.41, 5.74) is 3.57. The SMILES string of the molecule is C=CC(=O)N1CCCC(Oc2cncnc2-c2ccc(CNC(=O)c3cn(C(C)(C)C)nn3)c(C)c2)C1. The molecule has 1 aliphatic rings. The van der Waals surface area contributed by atoms with Gasteiger partial charge in [0.15, 0.2) is 11.4 Å². The van der Waals surface area contributed by atoms with Crippen molar-refractivity contribution in [1.82, 2.24) is 35.2 Å². The van der Waals surface area contributed by atoms with Gasteiger partial charge in [0.25, 0.3) is 5.91 Å². The summed E-state index contributed by atoms with van der Waals surface area (Å²) in [4.78, 5) is 35.0. The number of aromatic nitrogens is 5. The van der Waals surface area contributed by atoms with Crippen LogP contribution in [0.15, 0.2) is 49.6 Å². The van der Waals surface area contributed by atoms with Gasteiger partial charge in [0.05, 0.1) is 24.5 Å². The molecule has 1 aromatic carbocycles. The number of benzene rings is 1. The zero-order valence-corrected chi connectivity index (χ0v) is 21.8. The minimum atomic E-state index is -0.276. The van der Waals surface area contributed by atoms with Gasteiger partial charge >= 0.3 is 0 Å². The Labute approximate surface area is 216 Å². The molecule has 1 N–H and O–H groups in total. The van der Waals surface area contributed by atoms with Gasteiger partial charge in [-0.25, -0.2) is 14.6 Å². The van der Waals surface area contributed by atoms with E-state index >= 15 is 0 Å². The van der Waals surface area contributed by atoms with Crippen molar-refractivity contribution in [2.45, 2.75) is 58.7 Å². The van der Waals surface area contributed by atoms with Crippen molar-refractivity contribution in [2.75, 3.05) is 13.1 Å². The Morgan fingerprint density at radius 1 is 1.30 bits per heavy atom. The average Bonchev–Trinajstić information content (AvgIpc) is 3.39. The van der Waals surface area contributed by atoms with Crippen molar-refractivity contribution in [2.24, 2.45) is 0 Å². The molecule has 0 aliphatic carbocycles.